The lowest BCUT2D eigenvalue weighted by atomic mass is 10.2. The quantitative estimate of drug-likeness (QED) is 0.279. The molecule has 13 nitrogen and oxygen atoms in total. The van der Waals surface area contributed by atoms with E-state index in [1.165, 1.54) is 0 Å². The van der Waals surface area contributed by atoms with Crippen LogP contribution < -0.4 is 10.0 Å². The highest BCUT2D eigenvalue weighted by Gasteiger charge is 2.20. The fourth-order valence-electron chi connectivity index (χ4n) is 2.23. The maximum Gasteiger partial charge on any atom is 0.339 e. The molecule has 0 saturated carbocycles. The predicted molar refractivity (Wildman–Crippen MR) is 101 cm³/mol. The van der Waals surface area contributed by atoms with Crippen molar-refractivity contribution < 1.29 is 42.9 Å². The Balaban J connectivity index is 2.05. The van der Waals surface area contributed by atoms with E-state index in [1.807, 2.05) is 0 Å². The number of hydrogen-bond donors (Lipinski definition) is 5. The molecule has 0 radical (unpaired) electrons. The highest BCUT2D eigenvalue weighted by atomic mass is 32.2. The minimum absolute atomic E-state index is 0.0326. The number of rotatable bonds is 10. The van der Waals surface area contributed by atoms with E-state index < -0.39 is 63.1 Å². The summed E-state index contributed by atoms with van der Waals surface area (Å²) < 4.78 is 26.8. The monoisotopic (exact) mass is 452 g/mol. The first-order valence-corrected chi connectivity index (χ1v) is 9.86. The molecule has 5 N–H and O–H groups in total. The van der Waals surface area contributed by atoms with Crippen molar-refractivity contribution in [1.29, 1.82) is 0 Å². The molecule has 1 amide bonds. The molecule has 14 heteroatoms. The first-order valence-electron chi connectivity index (χ1n) is 8.38. The van der Waals surface area contributed by atoms with Crippen LogP contribution in [0.4, 0.5) is 0 Å². The summed E-state index contributed by atoms with van der Waals surface area (Å²) in [5.41, 5.74) is -0.681. The van der Waals surface area contributed by atoms with Gasteiger partial charge >= 0.3 is 11.9 Å². The molecule has 0 aliphatic carbocycles. The lowest BCUT2D eigenvalue weighted by Crippen LogP contribution is -2.37. The zero-order chi connectivity index (χ0) is 23.2. The normalized spacial score (nSPS) is 12.0. The van der Waals surface area contributed by atoms with Crippen LogP contribution in [0, 0.1) is 0 Å². The zero-order valence-corrected chi connectivity index (χ0v) is 16.4. The van der Waals surface area contributed by atoms with Crippen molar-refractivity contribution >= 4 is 34.2 Å². The Morgan fingerprint density at radius 2 is 1.77 bits per heavy atom. The maximum atomic E-state index is 12.3. The summed E-state index contributed by atoms with van der Waals surface area (Å²) in [6.45, 7) is -0.399. The standard InChI is InChI=1S/C17H16N4O9S/c22-8-10(3-15(24)25)21-16(26)9-5-18-14(19-6-9)7-20-31(29,30)11-1-2-13(23)12(4-11)17(27)28/h1-2,4-6,8,10,20,23H,3,7H2,(H,21,26)(H,24,25)(H,27,28)/t10-/m1/s1. The molecule has 164 valence electrons. The first kappa shape index (κ1) is 23.4. The van der Waals surface area contributed by atoms with Crippen LogP contribution in [0.15, 0.2) is 35.5 Å². The van der Waals surface area contributed by atoms with Gasteiger partial charge in [0, 0.05) is 12.4 Å². The number of carboxylic acid groups (broad SMARTS) is 2. The van der Waals surface area contributed by atoms with Gasteiger partial charge in [-0.15, -0.1) is 0 Å². The molecule has 1 aromatic heterocycles. The highest BCUT2D eigenvalue weighted by molar-refractivity contribution is 7.89. The molecule has 0 unspecified atom stereocenters. The van der Waals surface area contributed by atoms with E-state index in [0.29, 0.717) is 0 Å². The Labute approximate surface area is 174 Å². The molecule has 2 aromatic rings. The number of aliphatic carboxylic acids is 1. The van der Waals surface area contributed by atoms with Crippen LogP contribution in [0.1, 0.15) is 33.0 Å². The summed E-state index contributed by atoms with van der Waals surface area (Å²) in [7, 11) is -4.17. The van der Waals surface area contributed by atoms with Crippen LogP contribution >= 0.6 is 0 Å². The topological polar surface area (TPSA) is 213 Å². The number of carboxylic acids is 2. The number of carbonyl (C=O) groups excluding carboxylic acids is 2. The molecule has 0 fully saturated rings. The van der Waals surface area contributed by atoms with Crippen LogP contribution in [0.25, 0.3) is 0 Å². The Morgan fingerprint density at radius 1 is 1.13 bits per heavy atom. The number of aromatic hydroxyl groups is 1. The second-order valence-corrected chi connectivity index (χ2v) is 7.78. The van der Waals surface area contributed by atoms with Crippen LogP contribution in [0.2, 0.25) is 0 Å². The van der Waals surface area contributed by atoms with Gasteiger partial charge in [-0.25, -0.2) is 27.9 Å². The summed E-state index contributed by atoms with van der Waals surface area (Å²) >= 11 is 0. The van der Waals surface area contributed by atoms with Gasteiger partial charge in [-0.3, -0.25) is 9.59 Å². The average Bonchev–Trinajstić information content (AvgIpc) is 2.71. The van der Waals surface area contributed by atoms with E-state index in [0.717, 1.165) is 30.6 Å². The number of phenols is 1. The minimum atomic E-state index is -4.17. The fraction of sp³-hybridized carbons (Fsp3) is 0.176. The SMILES string of the molecule is O=C[C@@H](CC(=O)O)NC(=O)c1cnc(CNS(=O)(=O)c2ccc(O)c(C(=O)O)c2)nc1. The largest absolute Gasteiger partial charge is 0.507 e. The van der Waals surface area contributed by atoms with Gasteiger partial charge < -0.3 is 25.4 Å². The van der Waals surface area contributed by atoms with Crippen molar-refractivity contribution in [2.24, 2.45) is 0 Å². The average molecular weight is 452 g/mol. The summed E-state index contributed by atoms with van der Waals surface area (Å²) in [6.07, 6.45) is 1.78. The zero-order valence-electron chi connectivity index (χ0n) is 15.5. The molecule has 2 rings (SSSR count). The van der Waals surface area contributed by atoms with Crippen molar-refractivity contribution in [3.63, 3.8) is 0 Å². The number of aromatic nitrogens is 2. The molecule has 1 atom stereocenters. The van der Waals surface area contributed by atoms with Crippen molar-refractivity contribution in [2.45, 2.75) is 23.9 Å². The second-order valence-electron chi connectivity index (χ2n) is 6.01. The summed E-state index contributed by atoms with van der Waals surface area (Å²) in [5.74, 6) is -4.21. The summed E-state index contributed by atoms with van der Waals surface area (Å²) in [5, 5.41) is 29.3. The molecule has 31 heavy (non-hydrogen) atoms. The second kappa shape index (κ2) is 9.73. The first-order chi connectivity index (χ1) is 14.5. The molecule has 0 bridgehead atoms. The summed E-state index contributed by atoms with van der Waals surface area (Å²) in [6, 6.07) is 1.49. The Morgan fingerprint density at radius 3 is 2.32 bits per heavy atom. The maximum absolute atomic E-state index is 12.3. The van der Waals surface area contributed by atoms with Crippen LogP contribution in [-0.4, -0.2) is 63.9 Å². The van der Waals surface area contributed by atoms with E-state index in [2.05, 4.69) is 20.0 Å². The van der Waals surface area contributed by atoms with Gasteiger partial charge in [-0.05, 0) is 18.2 Å². The molecular weight excluding hydrogens is 436 g/mol. The fourth-order valence-corrected chi connectivity index (χ4v) is 3.24. The van der Waals surface area contributed by atoms with Crippen molar-refractivity contribution in [2.75, 3.05) is 0 Å². The number of sulfonamides is 1. The van der Waals surface area contributed by atoms with E-state index in [4.69, 9.17) is 10.2 Å². The minimum Gasteiger partial charge on any atom is -0.507 e. The van der Waals surface area contributed by atoms with Gasteiger partial charge in [0.2, 0.25) is 10.0 Å². The van der Waals surface area contributed by atoms with E-state index in [-0.39, 0.29) is 17.7 Å². The number of aldehydes is 1. The molecule has 0 aliphatic rings. The third-order valence-corrected chi connectivity index (χ3v) is 5.17. The highest BCUT2D eigenvalue weighted by Crippen LogP contribution is 2.21. The smallest absolute Gasteiger partial charge is 0.339 e. The van der Waals surface area contributed by atoms with Crippen LogP contribution in [-0.2, 0) is 26.2 Å². The Bertz CT molecular complexity index is 1120. The molecule has 1 aromatic carbocycles. The Kier molecular flexibility index (Phi) is 7.33. The predicted octanol–water partition coefficient (Wildman–Crippen LogP) is -0.869. The molecule has 0 spiro atoms. The van der Waals surface area contributed by atoms with Crippen LogP contribution in [0.3, 0.4) is 0 Å². The number of nitrogens with zero attached hydrogens (tertiary/aromatic N) is 2. The van der Waals surface area contributed by atoms with Gasteiger partial charge in [-0.1, -0.05) is 0 Å². The van der Waals surface area contributed by atoms with Gasteiger partial charge in [0.1, 0.15) is 23.4 Å². The molecular formula is C17H16N4O9S. The van der Waals surface area contributed by atoms with Gasteiger partial charge in [0.15, 0.2) is 0 Å². The van der Waals surface area contributed by atoms with E-state index in [1.54, 1.807) is 0 Å². The summed E-state index contributed by atoms with van der Waals surface area (Å²) in [4.78, 5) is 51.7. The molecule has 1 heterocycles. The van der Waals surface area contributed by atoms with Crippen molar-refractivity contribution in [3.8, 4) is 5.75 Å². The molecule has 0 saturated heterocycles. The van der Waals surface area contributed by atoms with Crippen molar-refractivity contribution in [3.05, 3.63) is 47.5 Å². The number of carbonyl (C=O) groups is 4. The van der Waals surface area contributed by atoms with E-state index in [9.17, 15) is 32.7 Å². The Hall–Kier alpha value is -3.91. The number of aromatic carboxylic acids is 1. The lowest BCUT2D eigenvalue weighted by molar-refractivity contribution is -0.138. The van der Waals surface area contributed by atoms with Gasteiger partial charge in [-0.2, -0.15) is 0 Å². The van der Waals surface area contributed by atoms with Gasteiger partial charge in [0.05, 0.1) is 29.5 Å². The third kappa shape index (κ3) is 6.28. The number of hydrogen-bond acceptors (Lipinski definition) is 9. The van der Waals surface area contributed by atoms with Gasteiger partial charge in [0.25, 0.3) is 5.91 Å². The van der Waals surface area contributed by atoms with E-state index >= 15 is 0 Å². The van der Waals surface area contributed by atoms with Crippen LogP contribution in [0.5, 0.6) is 5.75 Å². The van der Waals surface area contributed by atoms with Crippen molar-refractivity contribution in [1.82, 2.24) is 20.0 Å². The molecule has 0 aliphatic heterocycles. The number of benzene rings is 1. The third-order valence-electron chi connectivity index (χ3n) is 3.77. The lowest BCUT2D eigenvalue weighted by Gasteiger charge is -2.10. The number of amides is 1. The number of nitrogens with one attached hydrogen (secondary N) is 2.